The van der Waals surface area contributed by atoms with E-state index in [9.17, 15) is 5.11 Å². The van der Waals surface area contributed by atoms with Crippen LogP contribution in [0, 0.1) is 5.92 Å². The van der Waals surface area contributed by atoms with Crippen molar-refractivity contribution in [3.05, 3.63) is 0 Å². The summed E-state index contributed by atoms with van der Waals surface area (Å²) in [5, 5.41) is 10.1. The van der Waals surface area contributed by atoms with E-state index in [4.69, 9.17) is 4.74 Å². The Kier molecular flexibility index (Phi) is 2.71. The van der Waals surface area contributed by atoms with Crippen LogP contribution in [-0.4, -0.2) is 48.0 Å². The summed E-state index contributed by atoms with van der Waals surface area (Å²) in [6.07, 6.45) is 6.04. The molecule has 1 saturated carbocycles. The summed E-state index contributed by atoms with van der Waals surface area (Å²) >= 11 is 0. The molecule has 0 aromatic heterocycles. The molecule has 0 bridgehead atoms. The summed E-state index contributed by atoms with van der Waals surface area (Å²) in [4.78, 5) is 2.50. The zero-order valence-corrected chi connectivity index (χ0v) is 9.27. The Labute approximate surface area is 91.4 Å². The van der Waals surface area contributed by atoms with E-state index in [0.717, 1.165) is 25.5 Å². The quantitative estimate of drug-likeness (QED) is 0.756. The van der Waals surface area contributed by atoms with E-state index in [2.05, 4.69) is 4.90 Å². The molecule has 0 spiro atoms. The Morgan fingerprint density at radius 1 is 1.33 bits per heavy atom. The zero-order valence-electron chi connectivity index (χ0n) is 9.27. The summed E-state index contributed by atoms with van der Waals surface area (Å²) in [6, 6.07) is 0.648. The average Bonchev–Trinajstić information content (AvgIpc) is 2.94. The monoisotopic (exact) mass is 211 g/mol. The highest BCUT2D eigenvalue weighted by atomic mass is 16.5. The number of hydrogen-bond donors (Lipinski definition) is 1. The summed E-state index contributed by atoms with van der Waals surface area (Å²) < 4.78 is 5.79. The van der Waals surface area contributed by atoms with E-state index in [1.807, 2.05) is 0 Å². The van der Waals surface area contributed by atoms with Gasteiger partial charge in [-0.2, -0.15) is 0 Å². The van der Waals surface area contributed by atoms with Crippen molar-refractivity contribution in [2.75, 3.05) is 19.7 Å². The highest BCUT2D eigenvalue weighted by molar-refractivity contribution is 4.89. The summed E-state index contributed by atoms with van der Waals surface area (Å²) in [7, 11) is 0. The molecule has 0 aromatic carbocycles. The molecule has 3 aliphatic rings. The van der Waals surface area contributed by atoms with E-state index >= 15 is 0 Å². The molecule has 3 fully saturated rings. The lowest BCUT2D eigenvalue weighted by Crippen LogP contribution is -2.50. The van der Waals surface area contributed by atoms with Gasteiger partial charge in [0.05, 0.1) is 18.8 Å². The lowest BCUT2D eigenvalue weighted by Gasteiger charge is -2.37. The van der Waals surface area contributed by atoms with E-state index in [1.165, 1.54) is 32.2 Å². The van der Waals surface area contributed by atoms with Crippen LogP contribution in [0.5, 0.6) is 0 Å². The molecular weight excluding hydrogens is 190 g/mol. The van der Waals surface area contributed by atoms with Gasteiger partial charge in [-0.05, 0) is 31.7 Å². The van der Waals surface area contributed by atoms with Gasteiger partial charge in [-0.1, -0.05) is 12.8 Å². The van der Waals surface area contributed by atoms with Gasteiger partial charge in [-0.3, -0.25) is 4.90 Å². The van der Waals surface area contributed by atoms with Gasteiger partial charge in [0.15, 0.2) is 0 Å². The summed E-state index contributed by atoms with van der Waals surface area (Å²) in [5.41, 5.74) is 0. The molecule has 2 saturated heterocycles. The Morgan fingerprint density at radius 2 is 2.20 bits per heavy atom. The molecular formula is C12H21NO2. The predicted molar refractivity (Wildman–Crippen MR) is 57.7 cm³/mol. The minimum absolute atomic E-state index is 0.0833. The molecule has 0 radical (unpaired) electrons. The Morgan fingerprint density at radius 3 is 3.00 bits per heavy atom. The van der Waals surface area contributed by atoms with E-state index in [1.54, 1.807) is 0 Å². The number of rotatable bonds is 3. The number of nitrogens with zero attached hydrogens (tertiary/aromatic N) is 1. The Balaban J connectivity index is 1.53. The Hall–Kier alpha value is -0.120. The van der Waals surface area contributed by atoms with Crippen molar-refractivity contribution in [1.82, 2.24) is 4.90 Å². The molecule has 1 aliphatic carbocycles. The van der Waals surface area contributed by atoms with Crippen molar-refractivity contribution >= 4 is 0 Å². The minimum atomic E-state index is -0.223. The second-order valence-corrected chi connectivity index (χ2v) is 5.41. The van der Waals surface area contributed by atoms with Crippen molar-refractivity contribution in [3.63, 3.8) is 0 Å². The maximum absolute atomic E-state index is 10.1. The summed E-state index contributed by atoms with van der Waals surface area (Å²) in [6.45, 7) is 3.01. The van der Waals surface area contributed by atoms with Crippen molar-refractivity contribution in [1.29, 1.82) is 0 Å². The van der Waals surface area contributed by atoms with Crippen LogP contribution in [0.1, 0.15) is 32.1 Å². The lowest BCUT2D eigenvalue weighted by atomic mass is 10.0. The smallest absolute Gasteiger partial charge is 0.0961 e. The third kappa shape index (κ3) is 2.19. The standard InChI is InChI=1S/C12H21NO2/c14-11(6-9-3-4-9)12-7-13-5-1-2-10(13)8-15-12/h9-12,14H,1-8H2. The minimum Gasteiger partial charge on any atom is -0.390 e. The fraction of sp³-hybridized carbons (Fsp3) is 1.00. The number of aliphatic hydroxyl groups is 1. The van der Waals surface area contributed by atoms with Crippen LogP contribution >= 0.6 is 0 Å². The third-order valence-corrected chi connectivity index (χ3v) is 4.12. The first-order valence-electron chi connectivity index (χ1n) is 6.36. The van der Waals surface area contributed by atoms with Gasteiger partial charge in [0, 0.05) is 12.6 Å². The van der Waals surface area contributed by atoms with Gasteiger partial charge < -0.3 is 9.84 Å². The number of ether oxygens (including phenoxy) is 1. The van der Waals surface area contributed by atoms with E-state index in [-0.39, 0.29) is 12.2 Å². The first kappa shape index (κ1) is 10.1. The van der Waals surface area contributed by atoms with Crippen molar-refractivity contribution in [3.8, 4) is 0 Å². The maximum atomic E-state index is 10.1. The molecule has 3 nitrogen and oxygen atoms in total. The average molecular weight is 211 g/mol. The molecule has 3 heteroatoms. The van der Waals surface area contributed by atoms with Gasteiger partial charge in [0.2, 0.25) is 0 Å². The second-order valence-electron chi connectivity index (χ2n) is 5.41. The summed E-state index contributed by atoms with van der Waals surface area (Å²) in [5.74, 6) is 0.792. The molecule has 1 N–H and O–H groups in total. The normalized spacial score (nSPS) is 39.0. The van der Waals surface area contributed by atoms with E-state index < -0.39 is 0 Å². The van der Waals surface area contributed by atoms with Crippen LogP contribution in [0.4, 0.5) is 0 Å². The van der Waals surface area contributed by atoms with Crippen molar-refractivity contribution < 1.29 is 9.84 Å². The molecule has 0 amide bonds. The van der Waals surface area contributed by atoms with Gasteiger partial charge in [-0.25, -0.2) is 0 Å². The van der Waals surface area contributed by atoms with Crippen LogP contribution in [0.3, 0.4) is 0 Å². The van der Waals surface area contributed by atoms with Crippen molar-refractivity contribution in [2.24, 2.45) is 5.92 Å². The van der Waals surface area contributed by atoms with Crippen LogP contribution in [0.2, 0.25) is 0 Å². The highest BCUT2D eigenvalue weighted by Crippen LogP contribution is 2.35. The molecule has 3 atom stereocenters. The first-order chi connectivity index (χ1) is 7.33. The van der Waals surface area contributed by atoms with Gasteiger partial charge in [0.25, 0.3) is 0 Å². The second kappa shape index (κ2) is 4.04. The lowest BCUT2D eigenvalue weighted by molar-refractivity contribution is -0.105. The Bertz CT molecular complexity index is 230. The molecule has 86 valence electrons. The molecule has 15 heavy (non-hydrogen) atoms. The SMILES string of the molecule is OC(CC1CC1)C1CN2CCCC2CO1. The van der Waals surface area contributed by atoms with E-state index in [0.29, 0.717) is 6.04 Å². The van der Waals surface area contributed by atoms with Crippen LogP contribution < -0.4 is 0 Å². The fourth-order valence-electron chi connectivity index (χ4n) is 2.92. The zero-order chi connectivity index (χ0) is 10.3. The molecule has 2 aliphatic heterocycles. The molecule has 0 aromatic rings. The number of hydrogen-bond acceptors (Lipinski definition) is 3. The molecule has 3 unspecified atom stereocenters. The molecule has 2 heterocycles. The van der Waals surface area contributed by atoms with Gasteiger partial charge in [-0.15, -0.1) is 0 Å². The topological polar surface area (TPSA) is 32.7 Å². The van der Waals surface area contributed by atoms with Crippen LogP contribution in [0.15, 0.2) is 0 Å². The number of morpholine rings is 1. The van der Waals surface area contributed by atoms with Gasteiger partial charge >= 0.3 is 0 Å². The highest BCUT2D eigenvalue weighted by Gasteiger charge is 2.37. The first-order valence-corrected chi connectivity index (χ1v) is 6.36. The van der Waals surface area contributed by atoms with Gasteiger partial charge in [0.1, 0.15) is 0 Å². The van der Waals surface area contributed by atoms with Crippen molar-refractivity contribution in [2.45, 2.75) is 50.4 Å². The largest absolute Gasteiger partial charge is 0.390 e. The van der Waals surface area contributed by atoms with Crippen LogP contribution in [-0.2, 0) is 4.74 Å². The predicted octanol–water partition coefficient (Wildman–Crippen LogP) is 1.01. The third-order valence-electron chi connectivity index (χ3n) is 4.12. The molecule has 3 rings (SSSR count). The van der Waals surface area contributed by atoms with Crippen LogP contribution in [0.25, 0.3) is 0 Å². The number of fused-ring (bicyclic) bond motifs is 1. The number of aliphatic hydroxyl groups excluding tert-OH is 1. The fourth-order valence-corrected chi connectivity index (χ4v) is 2.92. The maximum Gasteiger partial charge on any atom is 0.0961 e.